The standard InChI is InChI=1S/C21H13N3O6/c1-13-19(10-17(23(26)27)11-20(13)24(28)29)21(25)30-18-8-6-16(7-9-18)15-4-2-14(12-22)3-5-15/h2-11H,1H3. The van der Waals surface area contributed by atoms with E-state index in [1.54, 1.807) is 36.4 Å². The van der Waals surface area contributed by atoms with Gasteiger partial charge >= 0.3 is 5.97 Å². The Kier molecular flexibility index (Phi) is 5.51. The van der Waals surface area contributed by atoms with Crippen molar-refractivity contribution < 1.29 is 19.4 Å². The molecule has 0 fully saturated rings. The lowest BCUT2D eigenvalue weighted by Gasteiger charge is -2.08. The summed E-state index contributed by atoms with van der Waals surface area (Å²) < 4.78 is 5.25. The van der Waals surface area contributed by atoms with Crippen molar-refractivity contribution in [3.63, 3.8) is 0 Å². The van der Waals surface area contributed by atoms with E-state index in [4.69, 9.17) is 10.00 Å². The highest BCUT2D eigenvalue weighted by Gasteiger charge is 2.25. The highest BCUT2D eigenvalue weighted by atomic mass is 16.6. The summed E-state index contributed by atoms with van der Waals surface area (Å²) >= 11 is 0. The van der Waals surface area contributed by atoms with Crippen LogP contribution in [0.25, 0.3) is 11.1 Å². The zero-order valence-corrected chi connectivity index (χ0v) is 15.6. The SMILES string of the molecule is Cc1c(C(=O)Oc2ccc(-c3ccc(C#N)cc3)cc2)cc([N+](=O)[O-])cc1[N+](=O)[O-]. The first-order valence-electron chi connectivity index (χ1n) is 8.56. The van der Waals surface area contributed by atoms with Crippen molar-refractivity contribution in [2.24, 2.45) is 0 Å². The molecule has 0 saturated carbocycles. The quantitative estimate of drug-likeness (QED) is 0.263. The molecule has 0 saturated heterocycles. The number of nitriles is 1. The molecule has 0 aliphatic carbocycles. The van der Waals surface area contributed by atoms with Gasteiger partial charge in [-0.25, -0.2) is 4.79 Å². The number of nitro benzene ring substituents is 2. The monoisotopic (exact) mass is 403 g/mol. The van der Waals surface area contributed by atoms with Crippen LogP contribution in [0.4, 0.5) is 11.4 Å². The van der Waals surface area contributed by atoms with Crippen LogP contribution in [-0.4, -0.2) is 15.8 Å². The number of hydrogen-bond donors (Lipinski definition) is 0. The Morgan fingerprint density at radius 1 is 0.933 bits per heavy atom. The van der Waals surface area contributed by atoms with Crippen LogP contribution in [0.2, 0.25) is 0 Å². The third kappa shape index (κ3) is 4.13. The highest BCUT2D eigenvalue weighted by Crippen LogP contribution is 2.29. The largest absolute Gasteiger partial charge is 0.423 e. The normalized spacial score (nSPS) is 10.1. The number of hydrogen-bond acceptors (Lipinski definition) is 7. The molecule has 0 radical (unpaired) electrons. The molecule has 9 nitrogen and oxygen atoms in total. The molecule has 0 atom stereocenters. The number of esters is 1. The van der Waals surface area contributed by atoms with Crippen molar-refractivity contribution in [1.29, 1.82) is 5.26 Å². The van der Waals surface area contributed by atoms with Gasteiger partial charge < -0.3 is 4.74 Å². The minimum absolute atomic E-state index is 0.0233. The Hall–Kier alpha value is -4.58. The van der Waals surface area contributed by atoms with Crippen LogP contribution in [-0.2, 0) is 0 Å². The molecule has 148 valence electrons. The van der Waals surface area contributed by atoms with Gasteiger partial charge in [-0.1, -0.05) is 24.3 Å². The molecule has 30 heavy (non-hydrogen) atoms. The van der Waals surface area contributed by atoms with E-state index in [9.17, 15) is 25.0 Å². The summed E-state index contributed by atoms with van der Waals surface area (Å²) in [5.74, 6) is -0.767. The van der Waals surface area contributed by atoms with Crippen molar-refractivity contribution in [2.75, 3.05) is 0 Å². The van der Waals surface area contributed by atoms with Crippen molar-refractivity contribution >= 4 is 17.3 Å². The van der Waals surface area contributed by atoms with E-state index in [2.05, 4.69) is 0 Å². The molecule has 0 aliphatic rings. The van der Waals surface area contributed by atoms with Gasteiger partial charge in [-0.2, -0.15) is 5.26 Å². The molecule has 0 N–H and O–H groups in total. The summed E-state index contributed by atoms with van der Waals surface area (Å²) in [6, 6.07) is 17.2. The number of benzene rings is 3. The van der Waals surface area contributed by atoms with E-state index >= 15 is 0 Å². The van der Waals surface area contributed by atoms with Gasteiger partial charge in [0.25, 0.3) is 11.4 Å². The lowest BCUT2D eigenvalue weighted by Crippen LogP contribution is -2.12. The first kappa shape index (κ1) is 20.2. The van der Waals surface area contributed by atoms with Gasteiger partial charge in [0.2, 0.25) is 0 Å². The van der Waals surface area contributed by atoms with Crippen LogP contribution >= 0.6 is 0 Å². The fourth-order valence-electron chi connectivity index (χ4n) is 2.81. The maximum atomic E-state index is 12.5. The molecule has 0 unspecified atom stereocenters. The second-order valence-electron chi connectivity index (χ2n) is 6.25. The number of nitro groups is 2. The summed E-state index contributed by atoms with van der Waals surface area (Å²) in [5, 5.41) is 31.1. The smallest absolute Gasteiger partial charge is 0.344 e. The molecule has 0 bridgehead atoms. The zero-order chi connectivity index (χ0) is 21.8. The number of rotatable bonds is 5. The molecule has 3 aromatic rings. The van der Waals surface area contributed by atoms with Crippen LogP contribution in [0.1, 0.15) is 21.5 Å². The zero-order valence-electron chi connectivity index (χ0n) is 15.6. The molecular formula is C21H13N3O6. The van der Waals surface area contributed by atoms with Crippen molar-refractivity contribution in [3.05, 3.63) is 97.6 Å². The fraction of sp³-hybridized carbons (Fsp3) is 0.0476. The molecule has 0 aromatic heterocycles. The van der Waals surface area contributed by atoms with E-state index in [-0.39, 0.29) is 16.9 Å². The molecular weight excluding hydrogens is 390 g/mol. The molecule has 0 heterocycles. The Morgan fingerprint density at radius 2 is 1.50 bits per heavy atom. The molecule has 3 rings (SSSR count). The van der Waals surface area contributed by atoms with Gasteiger partial charge in [-0.3, -0.25) is 20.2 Å². The van der Waals surface area contributed by atoms with E-state index < -0.39 is 27.2 Å². The molecule has 0 aliphatic heterocycles. The first-order chi connectivity index (χ1) is 14.3. The second kappa shape index (κ2) is 8.20. The molecule has 3 aromatic carbocycles. The highest BCUT2D eigenvalue weighted by molar-refractivity contribution is 5.94. The second-order valence-corrected chi connectivity index (χ2v) is 6.25. The van der Waals surface area contributed by atoms with Gasteiger partial charge in [0, 0.05) is 11.6 Å². The lowest BCUT2D eigenvalue weighted by molar-refractivity contribution is -0.394. The van der Waals surface area contributed by atoms with E-state index in [0.29, 0.717) is 5.56 Å². The topological polar surface area (TPSA) is 136 Å². The lowest BCUT2D eigenvalue weighted by atomic mass is 10.0. The third-order valence-corrected chi connectivity index (χ3v) is 4.40. The van der Waals surface area contributed by atoms with Crippen molar-refractivity contribution in [2.45, 2.75) is 6.92 Å². The van der Waals surface area contributed by atoms with Gasteiger partial charge in [0.1, 0.15) is 5.75 Å². The molecule has 9 heteroatoms. The number of nitrogens with zero attached hydrogens (tertiary/aromatic N) is 3. The van der Waals surface area contributed by atoms with Crippen LogP contribution in [0.15, 0.2) is 60.7 Å². The number of carbonyl (C=O) groups excluding carboxylic acids is 1. The van der Waals surface area contributed by atoms with Gasteiger partial charge in [-0.15, -0.1) is 0 Å². The Labute approximate surface area is 170 Å². The van der Waals surface area contributed by atoms with Crippen LogP contribution in [0, 0.1) is 38.5 Å². The number of ether oxygens (including phenoxy) is 1. The average Bonchev–Trinajstić information content (AvgIpc) is 2.74. The van der Waals surface area contributed by atoms with Gasteiger partial charge in [0.05, 0.1) is 33.1 Å². The molecule has 0 amide bonds. The molecule has 0 spiro atoms. The minimum Gasteiger partial charge on any atom is -0.423 e. The van der Waals surface area contributed by atoms with Crippen molar-refractivity contribution in [1.82, 2.24) is 0 Å². The summed E-state index contributed by atoms with van der Waals surface area (Å²) in [4.78, 5) is 33.1. The van der Waals surface area contributed by atoms with Crippen molar-refractivity contribution in [3.8, 4) is 22.9 Å². The van der Waals surface area contributed by atoms with E-state index in [1.807, 2.05) is 6.07 Å². The predicted octanol–water partition coefficient (Wildman–Crippen LogP) is 4.57. The summed E-state index contributed by atoms with van der Waals surface area (Å²) in [7, 11) is 0. The van der Waals surface area contributed by atoms with Crippen LogP contribution < -0.4 is 4.74 Å². The van der Waals surface area contributed by atoms with Gasteiger partial charge in [0.15, 0.2) is 0 Å². The fourth-order valence-corrected chi connectivity index (χ4v) is 2.81. The predicted molar refractivity (Wildman–Crippen MR) is 106 cm³/mol. The summed E-state index contributed by atoms with van der Waals surface area (Å²) in [6.07, 6.45) is 0. The Morgan fingerprint density at radius 3 is 2.00 bits per heavy atom. The number of non-ortho nitro benzene ring substituents is 1. The maximum absolute atomic E-state index is 12.5. The van der Waals surface area contributed by atoms with Crippen LogP contribution in [0.3, 0.4) is 0 Å². The summed E-state index contributed by atoms with van der Waals surface area (Å²) in [5.41, 5.74) is 0.823. The maximum Gasteiger partial charge on any atom is 0.344 e. The van der Waals surface area contributed by atoms with Crippen LogP contribution in [0.5, 0.6) is 5.75 Å². The Bertz CT molecular complexity index is 1200. The average molecular weight is 403 g/mol. The minimum atomic E-state index is -0.939. The third-order valence-electron chi connectivity index (χ3n) is 4.40. The number of carbonyl (C=O) groups is 1. The van der Waals surface area contributed by atoms with E-state index in [0.717, 1.165) is 23.3 Å². The van der Waals surface area contributed by atoms with Gasteiger partial charge in [-0.05, 0) is 42.3 Å². The summed E-state index contributed by atoms with van der Waals surface area (Å²) in [6.45, 7) is 1.33. The van der Waals surface area contributed by atoms with E-state index in [1.165, 1.54) is 19.1 Å². The first-order valence-corrected chi connectivity index (χ1v) is 8.56. The Balaban J connectivity index is 1.86.